The molecule has 0 aromatic heterocycles. The molecule has 0 spiro atoms. The van der Waals surface area contributed by atoms with Crippen molar-refractivity contribution < 1.29 is 9.59 Å². The van der Waals surface area contributed by atoms with Crippen LogP contribution in [0.4, 0.5) is 10.5 Å². The van der Waals surface area contributed by atoms with E-state index in [4.69, 9.17) is 11.6 Å². The molecule has 2 aliphatic rings. The van der Waals surface area contributed by atoms with Gasteiger partial charge in [-0.15, -0.1) is 0 Å². The fraction of sp³-hybridized carbons (Fsp3) is 0.360. The summed E-state index contributed by atoms with van der Waals surface area (Å²) in [6, 6.07) is 11.6. The van der Waals surface area contributed by atoms with E-state index in [1.54, 1.807) is 23.1 Å². The average molecular weight is 440 g/mol. The Labute approximate surface area is 187 Å². The fourth-order valence-electron chi connectivity index (χ4n) is 4.42. The average Bonchev–Trinajstić information content (AvgIpc) is 2.92. The van der Waals surface area contributed by atoms with Gasteiger partial charge in [0.25, 0.3) is 5.24 Å². The van der Waals surface area contributed by atoms with Gasteiger partial charge in [-0.1, -0.05) is 57.5 Å². The minimum Gasteiger partial charge on any atom is -0.279 e. The molecule has 30 heavy (non-hydrogen) atoms. The van der Waals surface area contributed by atoms with E-state index in [1.807, 2.05) is 19.1 Å². The molecule has 1 fully saturated rings. The standard InChI is InChI=1S/C25H26ClNO2S/c1-15-11-18-19(25(4,5)10-9-24(18,2)3)14-20(15)27-21(22(28)30-23(27)29)13-16-7-6-8-17(26)12-16/h6-8,11-14H,9-10H2,1-5H3. The third-order valence-electron chi connectivity index (χ3n) is 6.37. The molecule has 1 aliphatic carbocycles. The van der Waals surface area contributed by atoms with Gasteiger partial charge in [-0.2, -0.15) is 0 Å². The van der Waals surface area contributed by atoms with Crippen molar-refractivity contribution in [1.82, 2.24) is 0 Å². The van der Waals surface area contributed by atoms with Gasteiger partial charge in [-0.25, -0.2) is 0 Å². The Morgan fingerprint density at radius 1 is 1.00 bits per heavy atom. The number of carbonyl (C=O) groups is 2. The van der Waals surface area contributed by atoms with Crippen LogP contribution in [0.5, 0.6) is 0 Å². The zero-order valence-electron chi connectivity index (χ0n) is 18.0. The minimum absolute atomic E-state index is 0.0179. The smallest absolute Gasteiger partial charge is 0.279 e. The second-order valence-corrected chi connectivity index (χ2v) is 10.9. The van der Waals surface area contributed by atoms with Crippen molar-refractivity contribution in [3.63, 3.8) is 0 Å². The summed E-state index contributed by atoms with van der Waals surface area (Å²) >= 11 is 6.86. The van der Waals surface area contributed by atoms with Crippen LogP contribution in [0, 0.1) is 6.92 Å². The highest BCUT2D eigenvalue weighted by Gasteiger charge is 2.41. The quantitative estimate of drug-likeness (QED) is 0.463. The second-order valence-electron chi connectivity index (χ2n) is 9.53. The SMILES string of the molecule is Cc1cc2c(cc1N1C(=O)SC(=O)C1=Cc1cccc(Cl)c1)C(C)(C)CCC2(C)C. The van der Waals surface area contributed by atoms with Crippen molar-refractivity contribution in [2.45, 2.75) is 58.3 Å². The summed E-state index contributed by atoms with van der Waals surface area (Å²) in [4.78, 5) is 27.1. The molecule has 1 aliphatic heterocycles. The van der Waals surface area contributed by atoms with Crippen molar-refractivity contribution in [1.29, 1.82) is 0 Å². The number of amides is 1. The predicted molar refractivity (Wildman–Crippen MR) is 126 cm³/mol. The van der Waals surface area contributed by atoms with Gasteiger partial charge >= 0.3 is 0 Å². The molecule has 1 saturated heterocycles. The van der Waals surface area contributed by atoms with E-state index in [0.29, 0.717) is 10.7 Å². The van der Waals surface area contributed by atoms with E-state index >= 15 is 0 Å². The largest absolute Gasteiger partial charge is 0.298 e. The summed E-state index contributed by atoms with van der Waals surface area (Å²) in [7, 11) is 0. The molecule has 5 heteroatoms. The van der Waals surface area contributed by atoms with Crippen molar-refractivity contribution in [2.24, 2.45) is 0 Å². The topological polar surface area (TPSA) is 37.4 Å². The first-order valence-corrected chi connectivity index (χ1v) is 11.4. The van der Waals surface area contributed by atoms with E-state index in [0.717, 1.165) is 41.4 Å². The molecule has 4 rings (SSSR count). The molecule has 1 heterocycles. The molecule has 2 aromatic rings. The molecular formula is C25H26ClNO2S. The monoisotopic (exact) mass is 439 g/mol. The van der Waals surface area contributed by atoms with E-state index in [1.165, 1.54) is 11.1 Å². The lowest BCUT2D eigenvalue weighted by Crippen LogP contribution is -2.34. The fourth-order valence-corrected chi connectivity index (χ4v) is 5.32. The van der Waals surface area contributed by atoms with Crippen molar-refractivity contribution in [2.75, 3.05) is 4.90 Å². The molecule has 0 saturated carbocycles. The number of benzene rings is 2. The summed E-state index contributed by atoms with van der Waals surface area (Å²) in [5.74, 6) is 0. The maximum Gasteiger partial charge on any atom is 0.298 e. The highest BCUT2D eigenvalue weighted by molar-refractivity contribution is 8.27. The van der Waals surface area contributed by atoms with Gasteiger partial charge < -0.3 is 0 Å². The summed E-state index contributed by atoms with van der Waals surface area (Å²) < 4.78 is 0. The highest BCUT2D eigenvalue weighted by Crippen LogP contribution is 2.49. The van der Waals surface area contributed by atoms with Crippen LogP contribution >= 0.6 is 23.4 Å². The van der Waals surface area contributed by atoms with Gasteiger partial charge in [0.05, 0.1) is 5.69 Å². The first-order chi connectivity index (χ1) is 14.0. The molecule has 3 nitrogen and oxygen atoms in total. The first-order valence-electron chi connectivity index (χ1n) is 10.2. The molecule has 0 unspecified atom stereocenters. The number of aryl methyl sites for hydroxylation is 1. The predicted octanol–water partition coefficient (Wildman–Crippen LogP) is 7.24. The normalized spacial score (nSPS) is 21.3. The second kappa shape index (κ2) is 7.28. The van der Waals surface area contributed by atoms with Gasteiger partial charge in [-0.05, 0) is 77.1 Å². The van der Waals surface area contributed by atoms with Crippen LogP contribution < -0.4 is 4.90 Å². The number of anilines is 1. The van der Waals surface area contributed by atoms with Crippen molar-refractivity contribution in [3.05, 3.63) is 69.4 Å². The van der Waals surface area contributed by atoms with E-state index in [-0.39, 0.29) is 21.2 Å². The van der Waals surface area contributed by atoms with Crippen molar-refractivity contribution >= 4 is 45.5 Å². The number of hydrogen-bond donors (Lipinski definition) is 0. The van der Waals surface area contributed by atoms with Crippen LogP contribution in [0.3, 0.4) is 0 Å². The van der Waals surface area contributed by atoms with Crippen LogP contribution in [0.2, 0.25) is 5.02 Å². The number of rotatable bonds is 2. The van der Waals surface area contributed by atoms with E-state index in [2.05, 4.69) is 39.8 Å². The number of nitrogens with zero attached hydrogens (tertiary/aromatic N) is 1. The Balaban J connectivity index is 1.88. The third-order valence-corrected chi connectivity index (χ3v) is 7.36. The summed E-state index contributed by atoms with van der Waals surface area (Å²) in [6.07, 6.45) is 3.96. The van der Waals surface area contributed by atoms with Gasteiger partial charge in [0.15, 0.2) is 0 Å². The molecule has 0 radical (unpaired) electrons. The number of hydrogen-bond acceptors (Lipinski definition) is 3. The zero-order valence-corrected chi connectivity index (χ0v) is 19.6. The molecule has 1 amide bonds. The van der Waals surface area contributed by atoms with Crippen LogP contribution in [-0.2, 0) is 15.6 Å². The maximum absolute atomic E-state index is 12.9. The molecule has 0 N–H and O–H groups in total. The lowest BCUT2D eigenvalue weighted by atomic mass is 9.63. The van der Waals surface area contributed by atoms with Crippen LogP contribution in [0.1, 0.15) is 62.8 Å². The van der Waals surface area contributed by atoms with Gasteiger partial charge in [0.2, 0.25) is 5.12 Å². The Bertz CT molecular complexity index is 1100. The van der Waals surface area contributed by atoms with Crippen molar-refractivity contribution in [3.8, 4) is 0 Å². The maximum atomic E-state index is 12.9. The van der Waals surface area contributed by atoms with Gasteiger partial charge in [-0.3, -0.25) is 14.5 Å². The Hall–Kier alpha value is -2.04. The number of halogens is 1. The Morgan fingerprint density at radius 2 is 1.63 bits per heavy atom. The van der Waals surface area contributed by atoms with Crippen LogP contribution in [0.15, 0.2) is 42.1 Å². The molecule has 2 aromatic carbocycles. The van der Waals surface area contributed by atoms with E-state index in [9.17, 15) is 9.59 Å². The van der Waals surface area contributed by atoms with Crippen LogP contribution in [0.25, 0.3) is 6.08 Å². The molecule has 156 valence electrons. The molecule has 0 atom stereocenters. The Morgan fingerprint density at radius 3 is 2.27 bits per heavy atom. The Kier molecular flexibility index (Phi) is 5.14. The third kappa shape index (κ3) is 3.61. The summed E-state index contributed by atoms with van der Waals surface area (Å²) in [5, 5.41) is 0.0927. The number of fused-ring (bicyclic) bond motifs is 1. The van der Waals surface area contributed by atoms with Crippen LogP contribution in [-0.4, -0.2) is 10.4 Å². The highest BCUT2D eigenvalue weighted by atomic mass is 35.5. The molecular weight excluding hydrogens is 414 g/mol. The summed E-state index contributed by atoms with van der Waals surface area (Å²) in [6.45, 7) is 11.1. The summed E-state index contributed by atoms with van der Waals surface area (Å²) in [5.41, 5.74) is 5.67. The van der Waals surface area contributed by atoms with Gasteiger partial charge in [0, 0.05) is 16.8 Å². The van der Waals surface area contributed by atoms with Gasteiger partial charge in [0.1, 0.15) is 5.70 Å². The minimum atomic E-state index is -0.260. The van der Waals surface area contributed by atoms with E-state index < -0.39 is 0 Å². The molecule has 0 bridgehead atoms. The lowest BCUT2D eigenvalue weighted by molar-refractivity contribution is -0.107. The number of thioether (sulfide) groups is 1. The lowest BCUT2D eigenvalue weighted by Gasteiger charge is -2.42. The first kappa shape index (κ1) is 21.2. The zero-order chi connectivity index (χ0) is 21.8. The number of carbonyl (C=O) groups excluding carboxylic acids is 2.